The number of ketones is 1. The van der Waals surface area contributed by atoms with Gasteiger partial charge in [-0.2, -0.15) is 5.26 Å². The lowest BCUT2D eigenvalue weighted by Crippen LogP contribution is -2.29. The van der Waals surface area contributed by atoms with Crippen molar-refractivity contribution in [2.45, 2.75) is 20.4 Å². The fourth-order valence-electron chi connectivity index (χ4n) is 3.83. The highest BCUT2D eigenvalue weighted by atomic mass is 16.5. The lowest BCUT2D eigenvalue weighted by atomic mass is 10.0. The van der Waals surface area contributed by atoms with Gasteiger partial charge in [-0.25, -0.2) is 0 Å². The molecule has 1 aromatic heterocycles. The van der Waals surface area contributed by atoms with Crippen molar-refractivity contribution in [1.82, 2.24) is 4.90 Å². The van der Waals surface area contributed by atoms with E-state index in [0.717, 1.165) is 10.5 Å². The van der Waals surface area contributed by atoms with E-state index in [1.54, 1.807) is 31.4 Å². The van der Waals surface area contributed by atoms with Crippen LogP contribution in [0.15, 0.2) is 46.9 Å². The maximum atomic E-state index is 12.9. The van der Waals surface area contributed by atoms with Crippen LogP contribution < -0.4 is 10.1 Å². The number of nitrogens with one attached hydrogen (secondary N) is 1. The summed E-state index contributed by atoms with van der Waals surface area (Å²) in [5.74, 6) is -1.28. The number of hydrogen-bond donors (Lipinski definition) is 1. The first-order valence-corrected chi connectivity index (χ1v) is 10.2. The Hall–Kier alpha value is -4.71. The Morgan fingerprint density at radius 3 is 2.38 bits per heavy atom. The average molecular weight is 457 g/mol. The minimum Gasteiger partial charge on any atom is -0.497 e. The van der Waals surface area contributed by atoms with Gasteiger partial charge < -0.3 is 9.15 Å². The molecular formula is C25H19N3O6. The molecule has 4 rings (SSSR count). The molecule has 9 heteroatoms. The lowest BCUT2D eigenvalue weighted by molar-refractivity contribution is 0.0642. The van der Waals surface area contributed by atoms with Gasteiger partial charge in [0.15, 0.2) is 5.78 Å². The summed E-state index contributed by atoms with van der Waals surface area (Å²) in [6, 6.07) is 13.0. The second-order valence-electron chi connectivity index (χ2n) is 7.66. The summed E-state index contributed by atoms with van der Waals surface area (Å²) in [6.07, 6.45) is 0. The normalized spacial score (nSPS) is 12.4. The van der Waals surface area contributed by atoms with Gasteiger partial charge >= 0.3 is 0 Å². The third kappa shape index (κ3) is 3.82. The quantitative estimate of drug-likeness (QED) is 0.441. The van der Waals surface area contributed by atoms with Gasteiger partial charge in [0.2, 0.25) is 5.88 Å². The summed E-state index contributed by atoms with van der Waals surface area (Å²) in [5.41, 5.74) is 1.16. The molecular weight excluding hydrogens is 438 g/mol. The van der Waals surface area contributed by atoms with Gasteiger partial charge in [-0.05, 0) is 49.7 Å². The highest BCUT2D eigenvalue weighted by molar-refractivity contribution is 6.22. The van der Waals surface area contributed by atoms with Gasteiger partial charge in [-0.15, -0.1) is 0 Å². The number of carbonyl (C=O) groups excluding carboxylic acids is 4. The van der Waals surface area contributed by atoms with E-state index >= 15 is 0 Å². The number of Topliss-reactive ketones (excluding diaryl/α,β-unsaturated/α-hetero) is 1. The number of nitriles is 1. The zero-order valence-corrected chi connectivity index (χ0v) is 18.6. The smallest absolute Gasteiger partial charge is 0.261 e. The zero-order valence-electron chi connectivity index (χ0n) is 18.6. The van der Waals surface area contributed by atoms with Gasteiger partial charge in [0.05, 0.1) is 30.3 Å². The topological polar surface area (TPSA) is 130 Å². The summed E-state index contributed by atoms with van der Waals surface area (Å²) >= 11 is 0. The van der Waals surface area contributed by atoms with Crippen molar-refractivity contribution in [2.75, 3.05) is 12.4 Å². The summed E-state index contributed by atoms with van der Waals surface area (Å²) in [7, 11) is 1.54. The van der Waals surface area contributed by atoms with Crippen molar-refractivity contribution in [3.63, 3.8) is 0 Å². The van der Waals surface area contributed by atoms with Crippen molar-refractivity contribution < 1.29 is 28.3 Å². The average Bonchev–Trinajstić information content (AvgIpc) is 3.27. The number of hydrogen-bond acceptors (Lipinski definition) is 7. The molecule has 2 aromatic carbocycles. The summed E-state index contributed by atoms with van der Waals surface area (Å²) in [5, 5.41) is 11.9. The van der Waals surface area contributed by atoms with Crippen LogP contribution in [0.25, 0.3) is 0 Å². The number of rotatable bonds is 6. The van der Waals surface area contributed by atoms with Crippen molar-refractivity contribution in [3.8, 4) is 11.8 Å². The van der Waals surface area contributed by atoms with Crippen LogP contribution in [0.3, 0.4) is 0 Å². The Labute approximate surface area is 194 Å². The largest absolute Gasteiger partial charge is 0.497 e. The Balaban J connectivity index is 1.57. The Morgan fingerprint density at radius 1 is 1.09 bits per heavy atom. The standard InChI is InChI=1S/C25H19N3O6/c1-13(29)21-14(2)34-23(20(21)11-26)27-22(30)16-6-9-18-19(10-16)25(32)28(24(18)31)12-15-4-7-17(33-3)8-5-15/h4-10H,12H2,1-3H3,(H,27,30). The Bertz CT molecular complexity index is 1400. The van der Waals surface area contributed by atoms with E-state index in [9.17, 15) is 24.4 Å². The number of ether oxygens (including phenoxy) is 1. The molecule has 9 nitrogen and oxygen atoms in total. The van der Waals surface area contributed by atoms with Crippen molar-refractivity contribution in [3.05, 3.63) is 81.6 Å². The fraction of sp³-hybridized carbons (Fsp3) is 0.160. The van der Waals surface area contributed by atoms with E-state index in [-0.39, 0.29) is 51.8 Å². The molecule has 0 atom stereocenters. The van der Waals surface area contributed by atoms with Crippen LogP contribution in [0.5, 0.6) is 5.75 Å². The van der Waals surface area contributed by atoms with Crippen LogP contribution in [-0.2, 0) is 6.54 Å². The highest BCUT2D eigenvalue weighted by Gasteiger charge is 2.36. The maximum absolute atomic E-state index is 12.9. The van der Waals surface area contributed by atoms with Crippen LogP contribution in [0.1, 0.15) is 65.2 Å². The van der Waals surface area contributed by atoms with Crippen LogP contribution >= 0.6 is 0 Å². The predicted molar refractivity (Wildman–Crippen MR) is 120 cm³/mol. The lowest BCUT2D eigenvalue weighted by Gasteiger charge is -2.14. The molecule has 3 aromatic rings. The van der Waals surface area contributed by atoms with Gasteiger partial charge in [-0.1, -0.05) is 12.1 Å². The molecule has 0 bridgehead atoms. The number of carbonyl (C=O) groups is 4. The molecule has 1 N–H and O–H groups in total. The van der Waals surface area contributed by atoms with Crippen LogP contribution in [0.2, 0.25) is 0 Å². The van der Waals surface area contributed by atoms with E-state index < -0.39 is 17.7 Å². The number of furan rings is 1. The second kappa shape index (κ2) is 8.67. The highest BCUT2D eigenvalue weighted by Crippen LogP contribution is 2.29. The molecule has 0 unspecified atom stereocenters. The number of imide groups is 1. The molecule has 0 saturated heterocycles. The van der Waals surface area contributed by atoms with E-state index in [1.807, 2.05) is 6.07 Å². The van der Waals surface area contributed by atoms with Crippen molar-refractivity contribution >= 4 is 29.4 Å². The SMILES string of the molecule is COc1ccc(CN2C(=O)c3ccc(C(=O)Nc4oc(C)c(C(C)=O)c4C#N)cc3C2=O)cc1. The summed E-state index contributed by atoms with van der Waals surface area (Å²) in [6.45, 7) is 2.89. The second-order valence-corrected chi connectivity index (χ2v) is 7.66. The number of benzene rings is 2. The van der Waals surface area contributed by atoms with E-state index in [1.165, 1.54) is 32.0 Å². The summed E-state index contributed by atoms with van der Waals surface area (Å²) < 4.78 is 10.5. The number of fused-ring (bicyclic) bond motifs is 1. The number of amides is 3. The third-order valence-corrected chi connectivity index (χ3v) is 5.51. The number of methoxy groups -OCH3 is 1. The number of anilines is 1. The molecule has 34 heavy (non-hydrogen) atoms. The van der Waals surface area contributed by atoms with Crippen molar-refractivity contribution in [2.24, 2.45) is 0 Å². The first-order chi connectivity index (χ1) is 16.2. The first kappa shape index (κ1) is 22.5. The summed E-state index contributed by atoms with van der Waals surface area (Å²) in [4.78, 5) is 51.4. The minimum atomic E-state index is -0.656. The molecule has 0 aliphatic carbocycles. The van der Waals surface area contributed by atoms with Crippen LogP contribution in [-0.4, -0.2) is 35.5 Å². The monoisotopic (exact) mass is 457 g/mol. The molecule has 170 valence electrons. The Kier molecular flexibility index (Phi) is 5.73. The fourth-order valence-corrected chi connectivity index (χ4v) is 3.83. The number of aryl methyl sites for hydroxylation is 1. The molecule has 1 aliphatic heterocycles. The molecule has 0 spiro atoms. The van der Waals surface area contributed by atoms with E-state index in [4.69, 9.17) is 9.15 Å². The third-order valence-electron chi connectivity index (χ3n) is 5.51. The maximum Gasteiger partial charge on any atom is 0.261 e. The van der Waals surface area contributed by atoms with Crippen LogP contribution in [0, 0.1) is 18.3 Å². The minimum absolute atomic E-state index is 0.0723. The van der Waals surface area contributed by atoms with E-state index in [0.29, 0.717) is 5.75 Å². The van der Waals surface area contributed by atoms with Gasteiger partial charge in [0, 0.05) is 5.56 Å². The van der Waals surface area contributed by atoms with E-state index in [2.05, 4.69) is 5.32 Å². The predicted octanol–water partition coefficient (Wildman–Crippen LogP) is 3.72. The van der Waals surface area contributed by atoms with Crippen LogP contribution in [0.4, 0.5) is 5.88 Å². The molecule has 2 heterocycles. The molecule has 0 radical (unpaired) electrons. The van der Waals surface area contributed by atoms with Gasteiger partial charge in [-0.3, -0.25) is 29.4 Å². The zero-order chi connectivity index (χ0) is 24.6. The van der Waals surface area contributed by atoms with Gasteiger partial charge in [0.1, 0.15) is 23.1 Å². The Morgan fingerprint density at radius 2 is 1.76 bits per heavy atom. The molecule has 0 fully saturated rings. The molecule has 0 saturated carbocycles. The van der Waals surface area contributed by atoms with Gasteiger partial charge in [0.25, 0.3) is 17.7 Å². The molecule has 1 aliphatic rings. The first-order valence-electron chi connectivity index (χ1n) is 10.2. The number of nitrogens with zero attached hydrogens (tertiary/aromatic N) is 2. The molecule has 3 amide bonds. The van der Waals surface area contributed by atoms with Crippen molar-refractivity contribution in [1.29, 1.82) is 5.26 Å².